The van der Waals surface area contributed by atoms with Crippen LogP contribution in [0.3, 0.4) is 0 Å². The third-order valence-corrected chi connectivity index (χ3v) is 3.38. The van der Waals surface area contributed by atoms with Crippen LogP contribution in [0.5, 0.6) is 0 Å². The average molecular weight is 290 g/mol. The molecule has 0 saturated carbocycles. The fourth-order valence-corrected chi connectivity index (χ4v) is 2.26. The van der Waals surface area contributed by atoms with Crippen molar-refractivity contribution in [1.29, 1.82) is 0 Å². The number of aromatic amines is 1. The molecule has 0 radical (unpaired) electrons. The second kappa shape index (κ2) is 5.41. The third kappa shape index (κ3) is 2.52. The van der Waals surface area contributed by atoms with Crippen LogP contribution in [0, 0.1) is 0 Å². The van der Waals surface area contributed by atoms with Crippen LogP contribution in [0.1, 0.15) is 5.76 Å². The largest absolute Gasteiger partial charge is 0.463 e. The molecule has 8 nitrogen and oxygen atoms in total. The summed E-state index contributed by atoms with van der Waals surface area (Å²) in [7, 11) is 1.58. The van der Waals surface area contributed by atoms with Gasteiger partial charge in [0, 0.05) is 7.05 Å². The molecule has 0 fully saturated rings. The van der Waals surface area contributed by atoms with Gasteiger partial charge in [0.05, 0.1) is 25.7 Å². The number of rotatable bonds is 5. The standard InChI is InChI=1S/C13H15N5O3/c1-17-11-10(12(19)16-13(17)20)18(8-15-11)5-4-14-7-9-3-2-6-21-9/h2-3,6,8,14H,4-5,7H2,1H3,(H,16,19,20)/p+1. The molecule has 0 aromatic carbocycles. The minimum atomic E-state index is -0.456. The number of nitrogens with zero attached hydrogens (tertiary/aromatic N) is 3. The van der Waals surface area contributed by atoms with E-state index >= 15 is 0 Å². The number of imidazole rings is 1. The van der Waals surface area contributed by atoms with Crippen molar-refractivity contribution in [3.8, 4) is 0 Å². The Morgan fingerprint density at radius 1 is 1.43 bits per heavy atom. The molecule has 21 heavy (non-hydrogen) atoms. The summed E-state index contributed by atoms with van der Waals surface area (Å²) in [6.07, 6.45) is 3.23. The predicted octanol–water partition coefficient (Wildman–Crippen LogP) is -1.22. The summed E-state index contributed by atoms with van der Waals surface area (Å²) in [5.41, 5.74) is -0.0444. The molecule has 0 bridgehead atoms. The summed E-state index contributed by atoms with van der Waals surface area (Å²) in [4.78, 5) is 29.8. The van der Waals surface area contributed by atoms with Crippen LogP contribution in [0.25, 0.3) is 11.2 Å². The molecule has 0 atom stereocenters. The summed E-state index contributed by atoms with van der Waals surface area (Å²) < 4.78 is 8.33. The van der Waals surface area contributed by atoms with Crippen molar-refractivity contribution >= 4 is 11.2 Å². The second-order valence-electron chi connectivity index (χ2n) is 4.79. The SMILES string of the molecule is Cn1c(=O)[nH]c(=O)c2c1ncn2CC[NH2+]Cc1ccco1. The number of nitrogens with two attached hydrogens (primary N) is 1. The topological polar surface area (TPSA) is 102 Å². The molecular formula is C13H16N5O3+. The van der Waals surface area contributed by atoms with Crippen LogP contribution in [-0.4, -0.2) is 25.6 Å². The Balaban J connectivity index is 1.74. The molecule has 110 valence electrons. The van der Waals surface area contributed by atoms with Crippen molar-refractivity contribution in [1.82, 2.24) is 19.1 Å². The number of nitrogens with one attached hydrogen (secondary N) is 1. The molecule has 0 unspecified atom stereocenters. The first kappa shape index (κ1) is 13.4. The Morgan fingerprint density at radius 3 is 3.05 bits per heavy atom. The van der Waals surface area contributed by atoms with E-state index in [1.807, 2.05) is 12.1 Å². The summed E-state index contributed by atoms with van der Waals surface area (Å²) in [5.74, 6) is 0.908. The van der Waals surface area contributed by atoms with Gasteiger partial charge in [-0.05, 0) is 12.1 Å². The van der Waals surface area contributed by atoms with Crippen LogP contribution < -0.4 is 16.6 Å². The van der Waals surface area contributed by atoms with Gasteiger partial charge in [-0.1, -0.05) is 0 Å². The zero-order valence-electron chi connectivity index (χ0n) is 11.6. The number of hydrogen-bond acceptors (Lipinski definition) is 4. The van der Waals surface area contributed by atoms with E-state index < -0.39 is 11.2 Å². The number of H-pyrrole nitrogens is 1. The molecule has 0 spiro atoms. The Morgan fingerprint density at radius 2 is 2.29 bits per heavy atom. The first-order valence-electron chi connectivity index (χ1n) is 6.65. The van der Waals surface area contributed by atoms with Crippen LogP contribution in [0.2, 0.25) is 0 Å². The van der Waals surface area contributed by atoms with E-state index in [4.69, 9.17) is 4.42 Å². The summed E-state index contributed by atoms with van der Waals surface area (Å²) in [6, 6.07) is 3.77. The van der Waals surface area contributed by atoms with Gasteiger partial charge in [0.1, 0.15) is 6.54 Å². The second-order valence-corrected chi connectivity index (χ2v) is 4.79. The first-order chi connectivity index (χ1) is 10.2. The molecule has 0 aliphatic carbocycles. The molecule has 3 N–H and O–H groups in total. The quantitative estimate of drug-likeness (QED) is 0.575. The maximum Gasteiger partial charge on any atom is 0.329 e. The zero-order valence-corrected chi connectivity index (χ0v) is 11.6. The van der Waals surface area contributed by atoms with Crippen molar-refractivity contribution < 1.29 is 9.73 Å². The lowest BCUT2D eigenvalue weighted by molar-refractivity contribution is -0.673. The molecule has 0 amide bonds. The lowest BCUT2D eigenvalue weighted by atomic mass is 10.4. The van der Waals surface area contributed by atoms with E-state index in [2.05, 4.69) is 15.3 Å². The van der Waals surface area contributed by atoms with E-state index in [0.717, 1.165) is 18.8 Å². The maximum atomic E-state index is 11.9. The Labute approximate surface area is 119 Å². The highest BCUT2D eigenvalue weighted by atomic mass is 16.3. The molecule has 3 aromatic heterocycles. The van der Waals surface area contributed by atoms with Gasteiger partial charge in [-0.2, -0.15) is 0 Å². The number of aryl methyl sites for hydroxylation is 1. The van der Waals surface area contributed by atoms with Crippen LogP contribution >= 0.6 is 0 Å². The highest BCUT2D eigenvalue weighted by molar-refractivity contribution is 5.69. The fraction of sp³-hybridized carbons (Fsp3) is 0.308. The minimum absolute atomic E-state index is 0.398. The molecule has 3 aromatic rings. The highest BCUT2D eigenvalue weighted by Crippen LogP contribution is 2.03. The van der Waals surface area contributed by atoms with Gasteiger partial charge in [0.15, 0.2) is 16.9 Å². The molecule has 8 heteroatoms. The number of fused-ring (bicyclic) bond motifs is 1. The Hall–Kier alpha value is -2.61. The van der Waals surface area contributed by atoms with Gasteiger partial charge in [-0.25, -0.2) is 9.78 Å². The van der Waals surface area contributed by atoms with Gasteiger partial charge in [-0.15, -0.1) is 0 Å². The predicted molar refractivity (Wildman–Crippen MR) is 74.8 cm³/mol. The highest BCUT2D eigenvalue weighted by Gasteiger charge is 2.11. The van der Waals surface area contributed by atoms with Crippen LogP contribution in [0.15, 0.2) is 38.7 Å². The van der Waals surface area contributed by atoms with Crippen molar-refractivity contribution in [2.24, 2.45) is 7.05 Å². The lowest BCUT2D eigenvalue weighted by Gasteiger charge is -2.03. The van der Waals surface area contributed by atoms with E-state index in [1.54, 1.807) is 24.2 Å². The van der Waals surface area contributed by atoms with Crippen molar-refractivity contribution in [3.05, 3.63) is 51.3 Å². The molecule has 3 heterocycles. The number of hydrogen-bond donors (Lipinski definition) is 2. The van der Waals surface area contributed by atoms with Gasteiger partial charge in [0.2, 0.25) is 0 Å². The van der Waals surface area contributed by atoms with Crippen molar-refractivity contribution in [2.75, 3.05) is 6.54 Å². The normalized spacial score (nSPS) is 11.3. The van der Waals surface area contributed by atoms with Gasteiger partial charge in [-0.3, -0.25) is 14.3 Å². The molecule has 3 rings (SSSR count). The van der Waals surface area contributed by atoms with Crippen LogP contribution in [-0.2, 0) is 20.1 Å². The van der Waals surface area contributed by atoms with Gasteiger partial charge in [0.25, 0.3) is 5.56 Å². The Kier molecular flexibility index (Phi) is 3.44. The summed E-state index contributed by atoms with van der Waals surface area (Å²) in [5, 5.41) is 2.08. The van der Waals surface area contributed by atoms with E-state index in [-0.39, 0.29) is 0 Å². The maximum absolute atomic E-state index is 11.9. The van der Waals surface area contributed by atoms with Crippen LogP contribution in [0.4, 0.5) is 0 Å². The Bertz CT molecular complexity index is 856. The number of quaternary nitrogens is 1. The molecule has 0 aliphatic rings. The molecular weight excluding hydrogens is 274 g/mol. The van der Waals surface area contributed by atoms with E-state index in [1.165, 1.54) is 4.57 Å². The summed E-state index contributed by atoms with van der Waals surface area (Å²) in [6.45, 7) is 2.14. The number of aromatic nitrogens is 4. The third-order valence-electron chi connectivity index (χ3n) is 3.38. The van der Waals surface area contributed by atoms with Crippen molar-refractivity contribution in [2.45, 2.75) is 13.1 Å². The fourth-order valence-electron chi connectivity index (χ4n) is 2.26. The average Bonchev–Trinajstić information content (AvgIpc) is 3.11. The monoisotopic (exact) mass is 290 g/mol. The van der Waals surface area contributed by atoms with Gasteiger partial charge >= 0.3 is 5.69 Å². The smallest absolute Gasteiger partial charge is 0.329 e. The van der Waals surface area contributed by atoms with E-state index in [9.17, 15) is 9.59 Å². The first-order valence-corrected chi connectivity index (χ1v) is 6.65. The zero-order chi connectivity index (χ0) is 14.8. The van der Waals surface area contributed by atoms with Crippen molar-refractivity contribution in [3.63, 3.8) is 0 Å². The number of furan rings is 1. The lowest BCUT2D eigenvalue weighted by Crippen LogP contribution is -2.83. The summed E-state index contributed by atoms with van der Waals surface area (Å²) >= 11 is 0. The van der Waals surface area contributed by atoms with Gasteiger partial charge < -0.3 is 14.3 Å². The minimum Gasteiger partial charge on any atom is -0.463 e. The molecule has 0 saturated heterocycles. The van der Waals surface area contributed by atoms with E-state index in [0.29, 0.717) is 17.7 Å². The molecule has 0 aliphatic heterocycles.